The van der Waals surface area contributed by atoms with Gasteiger partial charge in [-0.05, 0) is 45.4 Å². The number of nitrogens with zero attached hydrogens (tertiary/aromatic N) is 1. The maximum absolute atomic E-state index is 12.2. The van der Waals surface area contributed by atoms with Gasteiger partial charge in [-0.2, -0.15) is 0 Å². The minimum atomic E-state index is -0.199. The number of aliphatic hydroxyl groups is 1. The molecule has 0 aromatic heterocycles. The van der Waals surface area contributed by atoms with Gasteiger partial charge >= 0.3 is 6.03 Å². The molecule has 0 spiro atoms. The monoisotopic (exact) mass is 324 g/mol. The number of rotatable bonds is 8. The van der Waals surface area contributed by atoms with Gasteiger partial charge in [0.05, 0.1) is 25.9 Å². The number of carbonyl (C=O) groups excluding carboxylic acids is 1. The molecule has 0 aliphatic carbocycles. The third kappa shape index (κ3) is 5.63. The second kappa shape index (κ2) is 9.25. The number of nitrogens with one attached hydrogen (secondary N) is 1. The summed E-state index contributed by atoms with van der Waals surface area (Å²) in [6.07, 6.45) is 0.0588. The van der Waals surface area contributed by atoms with Crippen molar-refractivity contribution in [3.8, 4) is 11.5 Å². The van der Waals surface area contributed by atoms with Crippen molar-refractivity contribution in [2.75, 3.05) is 26.8 Å². The van der Waals surface area contributed by atoms with Crippen LogP contribution in [0.1, 0.15) is 39.3 Å². The zero-order valence-electron chi connectivity index (χ0n) is 14.6. The van der Waals surface area contributed by atoms with Crippen molar-refractivity contribution in [3.63, 3.8) is 0 Å². The maximum Gasteiger partial charge on any atom is 0.317 e. The molecule has 1 aromatic carbocycles. The van der Waals surface area contributed by atoms with Crippen molar-refractivity contribution in [2.24, 2.45) is 0 Å². The highest BCUT2D eigenvalue weighted by molar-refractivity contribution is 5.74. The highest BCUT2D eigenvalue weighted by Crippen LogP contribution is 2.31. The molecule has 0 aliphatic rings. The predicted octanol–water partition coefficient (Wildman–Crippen LogP) is 2.57. The van der Waals surface area contributed by atoms with Crippen LogP contribution in [0.4, 0.5) is 4.79 Å². The summed E-state index contributed by atoms with van der Waals surface area (Å²) in [4.78, 5) is 13.7. The molecule has 1 rings (SSSR count). The van der Waals surface area contributed by atoms with Gasteiger partial charge < -0.3 is 24.8 Å². The van der Waals surface area contributed by atoms with Gasteiger partial charge in [0.1, 0.15) is 0 Å². The van der Waals surface area contributed by atoms with Crippen LogP contribution in [0.5, 0.6) is 11.5 Å². The van der Waals surface area contributed by atoms with Crippen molar-refractivity contribution in [2.45, 2.75) is 39.8 Å². The summed E-state index contributed by atoms with van der Waals surface area (Å²) in [5.74, 6) is 1.32. The first-order valence-electron chi connectivity index (χ1n) is 7.93. The quantitative estimate of drug-likeness (QED) is 0.771. The van der Waals surface area contributed by atoms with Gasteiger partial charge in [-0.15, -0.1) is 0 Å². The molecule has 1 atom stereocenters. The molecule has 0 fully saturated rings. The van der Waals surface area contributed by atoms with E-state index < -0.39 is 0 Å². The lowest BCUT2D eigenvalue weighted by molar-refractivity contribution is 0.178. The Morgan fingerprint density at radius 2 is 2.00 bits per heavy atom. The molecule has 6 nitrogen and oxygen atoms in total. The first-order valence-corrected chi connectivity index (χ1v) is 7.93. The Balaban J connectivity index is 2.83. The lowest BCUT2D eigenvalue weighted by atomic mass is 10.1. The van der Waals surface area contributed by atoms with Crippen molar-refractivity contribution in [3.05, 3.63) is 23.8 Å². The zero-order chi connectivity index (χ0) is 17.4. The molecule has 130 valence electrons. The van der Waals surface area contributed by atoms with Crippen LogP contribution in [0.25, 0.3) is 0 Å². The van der Waals surface area contributed by atoms with Gasteiger partial charge in [0.2, 0.25) is 0 Å². The van der Waals surface area contributed by atoms with E-state index in [1.54, 1.807) is 12.0 Å². The van der Waals surface area contributed by atoms with E-state index in [2.05, 4.69) is 5.32 Å². The molecule has 6 heteroatoms. The topological polar surface area (TPSA) is 71.0 Å². The zero-order valence-corrected chi connectivity index (χ0v) is 14.6. The summed E-state index contributed by atoms with van der Waals surface area (Å²) >= 11 is 0. The van der Waals surface area contributed by atoms with Crippen LogP contribution in [0.15, 0.2) is 18.2 Å². The molecule has 0 saturated carbocycles. The van der Waals surface area contributed by atoms with Crippen LogP contribution in [0, 0.1) is 0 Å². The number of benzene rings is 1. The van der Waals surface area contributed by atoms with Gasteiger partial charge in [-0.25, -0.2) is 4.79 Å². The summed E-state index contributed by atoms with van der Waals surface area (Å²) in [6.45, 7) is 8.50. The largest absolute Gasteiger partial charge is 0.493 e. The molecule has 23 heavy (non-hydrogen) atoms. The van der Waals surface area contributed by atoms with Crippen LogP contribution in [0.3, 0.4) is 0 Å². The Hall–Kier alpha value is -1.95. The maximum atomic E-state index is 12.2. The first-order chi connectivity index (χ1) is 10.9. The fourth-order valence-corrected chi connectivity index (χ4v) is 2.19. The minimum Gasteiger partial charge on any atom is -0.493 e. The van der Waals surface area contributed by atoms with Crippen LogP contribution < -0.4 is 14.8 Å². The molecule has 2 N–H and O–H groups in total. The number of carbonyl (C=O) groups is 1. The van der Waals surface area contributed by atoms with Crippen LogP contribution in [0.2, 0.25) is 0 Å². The average molecular weight is 324 g/mol. The molecule has 0 bridgehead atoms. The second-order valence-electron chi connectivity index (χ2n) is 5.55. The average Bonchev–Trinajstić information content (AvgIpc) is 2.52. The van der Waals surface area contributed by atoms with E-state index in [1.807, 2.05) is 45.9 Å². The van der Waals surface area contributed by atoms with Crippen molar-refractivity contribution >= 4 is 6.03 Å². The summed E-state index contributed by atoms with van der Waals surface area (Å²) in [7, 11) is 1.59. The van der Waals surface area contributed by atoms with Crippen LogP contribution in [-0.2, 0) is 0 Å². The normalized spacial score (nSPS) is 12.0. The number of aliphatic hydroxyl groups excluding tert-OH is 1. The van der Waals surface area contributed by atoms with E-state index in [1.165, 1.54) is 0 Å². The third-order valence-corrected chi connectivity index (χ3v) is 3.43. The Morgan fingerprint density at radius 3 is 2.52 bits per heavy atom. The Labute approximate surface area is 138 Å². The molecule has 0 heterocycles. The number of likely N-dealkylation sites (N-methyl/N-ethyl adjacent to an activating group) is 1. The molecule has 1 unspecified atom stereocenters. The standard InChI is InChI=1S/C17H28N2O4/c1-6-19(9-10-20)17(21)18-13(4)14-7-8-15(23-12(2)3)16(11-14)22-5/h7-8,11-13,20H,6,9-10H2,1-5H3,(H,18,21). The lowest BCUT2D eigenvalue weighted by Gasteiger charge is -2.24. The van der Waals surface area contributed by atoms with Crippen molar-refractivity contribution in [1.29, 1.82) is 0 Å². The Kier molecular flexibility index (Phi) is 7.68. The van der Waals surface area contributed by atoms with Gasteiger partial charge in [0.15, 0.2) is 11.5 Å². The van der Waals surface area contributed by atoms with Gasteiger partial charge in [-0.1, -0.05) is 6.07 Å². The van der Waals surface area contributed by atoms with E-state index in [4.69, 9.17) is 14.6 Å². The van der Waals surface area contributed by atoms with Crippen molar-refractivity contribution in [1.82, 2.24) is 10.2 Å². The number of hydrogen-bond acceptors (Lipinski definition) is 4. The number of urea groups is 1. The Bertz CT molecular complexity index is 505. The summed E-state index contributed by atoms with van der Waals surface area (Å²) in [5, 5.41) is 11.9. The summed E-state index contributed by atoms with van der Waals surface area (Å²) in [6, 6.07) is 5.24. The molecule has 0 aliphatic heterocycles. The number of ether oxygens (including phenoxy) is 2. The Morgan fingerprint density at radius 1 is 1.30 bits per heavy atom. The number of hydrogen-bond donors (Lipinski definition) is 2. The van der Waals surface area contributed by atoms with Crippen LogP contribution in [-0.4, -0.2) is 48.9 Å². The lowest BCUT2D eigenvalue weighted by Crippen LogP contribution is -2.42. The number of methoxy groups -OCH3 is 1. The SMILES string of the molecule is CCN(CCO)C(=O)NC(C)c1ccc(OC(C)C)c(OC)c1. The van der Waals surface area contributed by atoms with E-state index >= 15 is 0 Å². The molecular weight excluding hydrogens is 296 g/mol. The fourth-order valence-electron chi connectivity index (χ4n) is 2.19. The summed E-state index contributed by atoms with van der Waals surface area (Å²) < 4.78 is 11.1. The third-order valence-electron chi connectivity index (χ3n) is 3.43. The second-order valence-corrected chi connectivity index (χ2v) is 5.55. The highest BCUT2D eigenvalue weighted by Gasteiger charge is 2.16. The predicted molar refractivity (Wildman–Crippen MR) is 90.0 cm³/mol. The van der Waals surface area contributed by atoms with E-state index in [9.17, 15) is 4.79 Å². The molecule has 2 amide bonds. The van der Waals surface area contributed by atoms with Gasteiger partial charge in [-0.3, -0.25) is 0 Å². The smallest absolute Gasteiger partial charge is 0.317 e. The summed E-state index contributed by atoms with van der Waals surface area (Å²) in [5.41, 5.74) is 0.923. The van der Waals surface area contributed by atoms with Crippen molar-refractivity contribution < 1.29 is 19.4 Å². The van der Waals surface area contributed by atoms with E-state index in [-0.39, 0.29) is 24.8 Å². The van der Waals surface area contributed by atoms with E-state index in [0.717, 1.165) is 5.56 Å². The molecular formula is C17H28N2O4. The molecule has 1 aromatic rings. The minimum absolute atomic E-state index is 0.0509. The van der Waals surface area contributed by atoms with Gasteiger partial charge in [0.25, 0.3) is 0 Å². The van der Waals surface area contributed by atoms with Gasteiger partial charge in [0, 0.05) is 13.1 Å². The van der Waals surface area contributed by atoms with Crippen LogP contribution >= 0.6 is 0 Å². The fraction of sp³-hybridized carbons (Fsp3) is 0.588. The number of amides is 2. The van der Waals surface area contributed by atoms with E-state index in [0.29, 0.717) is 24.6 Å². The highest BCUT2D eigenvalue weighted by atomic mass is 16.5. The first kappa shape index (κ1) is 19.1. The molecule has 0 saturated heterocycles. The molecule has 0 radical (unpaired) electrons.